The summed E-state index contributed by atoms with van der Waals surface area (Å²) in [5.74, 6) is 2.53. The first kappa shape index (κ1) is 21.9. The lowest BCUT2D eigenvalue weighted by molar-refractivity contribution is 0.280. The predicted molar refractivity (Wildman–Crippen MR) is 110 cm³/mol. The van der Waals surface area contributed by atoms with Crippen molar-refractivity contribution in [3.8, 4) is 11.8 Å². The van der Waals surface area contributed by atoms with Crippen molar-refractivity contribution in [2.45, 2.75) is 66.2 Å². The van der Waals surface area contributed by atoms with Gasteiger partial charge in [0.15, 0.2) is 0 Å². The quantitative estimate of drug-likeness (QED) is 0.287. The van der Waals surface area contributed by atoms with E-state index in [4.69, 9.17) is 9.47 Å². The highest BCUT2D eigenvalue weighted by molar-refractivity contribution is 9.10. The molecule has 0 saturated carbocycles. The molecule has 0 atom stereocenters. The molecule has 25 heavy (non-hydrogen) atoms. The monoisotopic (exact) mass is 412 g/mol. The number of aromatic nitrogens is 1. The van der Waals surface area contributed by atoms with E-state index in [1.165, 1.54) is 19.3 Å². The van der Waals surface area contributed by atoms with Crippen LogP contribution in [0.25, 0.3) is 0 Å². The Morgan fingerprint density at radius 2 is 1.92 bits per heavy atom. The van der Waals surface area contributed by atoms with Crippen molar-refractivity contribution < 1.29 is 9.47 Å². The van der Waals surface area contributed by atoms with Crippen molar-refractivity contribution in [2.24, 2.45) is 16.8 Å². The first-order valence-corrected chi connectivity index (χ1v) is 10.2. The molecule has 1 rings (SSSR count). The van der Waals surface area contributed by atoms with Gasteiger partial charge in [-0.25, -0.2) is 0 Å². The van der Waals surface area contributed by atoms with E-state index < -0.39 is 0 Å². The number of hydrogen-bond donors (Lipinski definition) is 0. The van der Waals surface area contributed by atoms with E-state index in [9.17, 15) is 0 Å². The smallest absolute Gasteiger partial charge is 0.243 e. The molecule has 0 amide bonds. The normalized spacial score (nSPS) is 11.7. The first-order valence-electron chi connectivity index (χ1n) is 9.41. The zero-order valence-corrected chi connectivity index (χ0v) is 17.9. The Balaban J connectivity index is 2.67. The van der Waals surface area contributed by atoms with Crippen LogP contribution in [-0.4, -0.2) is 24.9 Å². The van der Waals surface area contributed by atoms with Crippen molar-refractivity contribution in [3.05, 3.63) is 10.5 Å². The molecule has 0 radical (unpaired) electrons. The summed E-state index contributed by atoms with van der Waals surface area (Å²) in [7, 11) is 1.61. The molecule has 0 N–H and O–H groups in total. The van der Waals surface area contributed by atoms with Gasteiger partial charge in [0.1, 0.15) is 5.69 Å². The fourth-order valence-electron chi connectivity index (χ4n) is 2.62. The van der Waals surface area contributed by atoms with Gasteiger partial charge in [-0.3, -0.25) is 4.99 Å². The zero-order chi connectivity index (χ0) is 18.7. The van der Waals surface area contributed by atoms with Crippen LogP contribution < -0.4 is 9.47 Å². The van der Waals surface area contributed by atoms with Crippen molar-refractivity contribution in [1.29, 1.82) is 0 Å². The molecule has 0 saturated heterocycles. The fraction of sp³-hybridized carbons (Fsp3) is 0.700. The Morgan fingerprint density at radius 3 is 2.52 bits per heavy atom. The molecule has 4 nitrogen and oxygen atoms in total. The second-order valence-electron chi connectivity index (χ2n) is 6.76. The molecule has 0 fully saturated rings. The molecule has 0 aromatic carbocycles. The molecule has 0 bridgehead atoms. The van der Waals surface area contributed by atoms with Crippen LogP contribution in [0.3, 0.4) is 0 Å². The van der Waals surface area contributed by atoms with Crippen LogP contribution in [0, 0.1) is 11.8 Å². The Morgan fingerprint density at radius 1 is 1.20 bits per heavy atom. The summed E-state index contributed by atoms with van der Waals surface area (Å²) in [5, 5.41) is 0. The van der Waals surface area contributed by atoms with Gasteiger partial charge in [0.2, 0.25) is 11.8 Å². The number of hydrogen-bond acceptors (Lipinski definition) is 4. The van der Waals surface area contributed by atoms with Crippen LogP contribution in [0.15, 0.2) is 15.5 Å². The number of rotatable bonds is 12. The van der Waals surface area contributed by atoms with Gasteiger partial charge in [-0.05, 0) is 59.5 Å². The highest BCUT2D eigenvalue weighted by Crippen LogP contribution is 2.34. The summed E-state index contributed by atoms with van der Waals surface area (Å²) >= 11 is 3.53. The Labute approximate surface area is 161 Å². The Kier molecular flexibility index (Phi) is 10.8. The highest BCUT2D eigenvalue weighted by Gasteiger charge is 2.11. The van der Waals surface area contributed by atoms with Crippen LogP contribution in [-0.2, 0) is 0 Å². The van der Waals surface area contributed by atoms with Crippen LogP contribution in [0.5, 0.6) is 11.8 Å². The molecule has 142 valence electrons. The second-order valence-corrected chi connectivity index (χ2v) is 7.61. The first-order chi connectivity index (χ1) is 12.0. The van der Waals surface area contributed by atoms with Crippen molar-refractivity contribution >= 4 is 27.8 Å². The van der Waals surface area contributed by atoms with Crippen LogP contribution >= 0.6 is 15.9 Å². The molecule has 0 aliphatic heterocycles. The summed E-state index contributed by atoms with van der Waals surface area (Å²) in [6.07, 6.45) is 8.73. The number of halogens is 1. The lowest BCUT2D eigenvalue weighted by atomic mass is 9.98. The van der Waals surface area contributed by atoms with E-state index in [0.717, 1.165) is 35.3 Å². The number of aliphatic imine (C=N–C) groups is 1. The summed E-state index contributed by atoms with van der Waals surface area (Å²) < 4.78 is 12.0. The van der Waals surface area contributed by atoms with Gasteiger partial charge < -0.3 is 9.47 Å². The molecule has 1 aromatic heterocycles. The van der Waals surface area contributed by atoms with Crippen molar-refractivity contribution in [1.82, 2.24) is 4.98 Å². The van der Waals surface area contributed by atoms with E-state index in [-0.39, 0.29) is 0 Å². The number of ether oxygens (including phenoxy) is 2. The molecule has 0 spiro atoms. The minimum absolute atomic E-state index is 0.501. The van der Waals surface area contributed by atoms with Gasteiger partial charge in [-0.15, -0.1) is 0 Å². The summed E-state index contributed by atoms with van der Waals surface area (Å²) in [6.45, 7) is 9.58. The van der Waals surface area contributed by atoms with E-state index in [2.05, 4.69) is 53.6 Å². The third-order valence-corrected chi connectivity index (χ3v) is 4.91. The molecule has 0 unspecified atom stereocenters. The Hall–Kier alpha value is -1.10. The molecule has 0 aliphatic carbocycles. The molecular weight excluding hydrogens is 380 g/mol. The largest absolute Gasteiger partial charge is 0.479 e. The summed E-state index contributed by atoms with van der Waals surface area (Å²) in [4.78, 5) is 8.99. The number of methoxy groups -OCH3 is 1. The van der Waals surface area contributed by atoms with Gasteiger partial charge in [-0.1, -0.05) is 40.5 Å². The lowest BCUT2D eigenvalue weighted by Gasteiger charge is -2.11. The van der Waals surface area contributed by atoms with Gasteiger partial charge in [0.05, 0.1) is 18.2 Å². The van der Waals surface area contributed by atoms with E-state index >= 15 is 0 Å². The molecule has 1 aromatic rings. The van der Waals surface area contributed by atoms with Gasteiger partial charge in [-0.2, -0.15) is 4.98 Å². The number of nitrogens with zero attached hydrogens (tertiary/aromatic N) is 2. The van der Waals surface area contributed by atoms with Crippen LogP contribution in [0.1, 0.15) is 66.2 Å². The predicted octanol–water partition coefficient (Wildman–Crippen LogP) is 6.59. The lowest BCUT2D eigenvalue weighted by Crippen LogP contribution is -2.02. The molecule has 0 aliphatic rings. The average molecular weight is 413 g/mol. The number of pyridine rings is 1. The average Bonchev–Trinajstić information content (AvgIpc) is 2.60. The zero-order valence-electron chi connectivity index (χ0n) is 16.3. The van der Waals surface area contributed by atoms with Crippen molar-refractivity contribution in [3.63, 3.8) is 0 Å². The van der Waals surface area contributed by atoms with Crippen molar-refractivity contribution in [2.75, 3.05) is 13.7 Å². The summed E-state index contributed by atoms with van der Waals surface area (Å²) in [5.41, 5.74) is 0.730. The summed E-state index contributed by atoms with van der Waals surface area (Å²) in [6, 6.07) is 1.91. The van der Waals surface area contributed by atoms with Crippen LogP contribution in [0.2, 0.25) is 0 Å². The van der Waals surface area contributed by atoms with Gasteiger partial charge in [0.25, 0.3) is 0 Å². The minimum atomic E-state index is 0.501. The van der Waals surface area contributed by atoms with E-state index in [0.29, 0.717) is 24.3 Å². The Bertz CT molecular complexity index is 529. The third-order valence-electron chi connectivity index (χ3n) is 4.34. The van der Waals surface area contributed by atoms with Gasteiger partial charge >= 0.3 is 0 Å². The molecule has 1 heterocycles. The fourth-order valence-corrected chi connectivity index (χ4v) is 3.04. The second kappa shape index (κ2) is 12.3. The minimum Gasteiger partial charge on any atom is -0.479 e. The maximum Gasteiger partial charge on any atom is 0.243 e. The molecular formula is C20H33BrN2O2. The van der Waals surface area contributed by atoms with E-state index in [1.54, 1.807) is 7.11 Å². The SMILES string of the molecule is CCC(CC)CCC=Nc1cc(Br)c(OCCCC(C)C)nc1OC. The highest BCUT2D eigenvalue weighted by atomic mass is 79.9. The standard InChI is InChI=1S/C20H33BrN2O2/c1-6-16(7-2)11-8-12-22-18-14-17(21)19(23-20(18)24-5)25-13-9-10-15(3)4/h12,14-16H,6-11,13H2,1-5H3. The van der Waals surface area contributed by atoms with Crippen LogP contribution in [0.4, 0.5) is 5.69 Å². The van der Waals surface area contributed by atoms with E-state index in [1.807, 2.05) is 12.3 Å². The topological polar surface area (TPSA) is 43.7 Å². The molecule has 5 heteroatoms. The third kappa shape index (κ3) is 8.21. The maximum atomic E-state index is 5.78. The van der Waals surface area contributed by atoms with Gasteiger partial charge in [0, 0.05) is 6.21 Å². The maximum absolute atomic E-state index is 5.78.